The number of nitrogens with zero attached hydrogens (tertiary/aromatic N) is 3. The van der Waals surface area contributed by atoms with Crippen LogP contribution < -0.4 is 15.5 Å². The number of para-hydroxylation sites is 1. The quantitative estimate of drug-likeness (QED) is 0.628. The smallest absolute Gasteiger partial charge is 0.319 e. The predicted octanol–water partition coefficient (Wildman–Crippen LogP) is 4.02. The number of benzene rings is 2. The van der Waals surface area contributed by atoms with Crippen LogP contribution in [0.3, 0.4) is 0 Å². The van der Waals surface area contributed by atoms with Gasteiger partial charge >= 0.3 is 6.03 Å². The van der Waals surface area contributed by atoms with E-state index in [9.17, 15) is 9.59 Å². The van der Waals surface area contributed by atoms with Gasteiger partial charge < -0.3 is 15.5 Å². The van der Waals surface area contributed by atoms with Crippen LogP contribution in [-0.4, -0.2) is 34.8 Å². The number of carbonyl (C=O) groups is 2. The lowest BCUT2D eigenvalue weighted by Crippen LogP contribution is -2.31. The van der Waals surface area contributed by atoms with Gasteiger partial charge in [0.1, 0.15) is 0 Å². The summed E-state index contributed by atoms with van der Waals surface area (Å²) < 4.78 is 1.81. The first kappa shape index (κ1) is 20.0. The van der Waals surface area contributed by atoms with E-state index in [1.54, 1.807) is 27.8 Å². The Morgan fingerprint density at radius 1 is 1.10 bits per heavy atom. The van der Waals surface area contributed by atoms with Gasteiger partial charge in [-0.05, 0) is 42.8 Å². The highest BCUT2D eigenvalue weighted by Crippen LogP contribution is 2.29. The number of urea groups is 1. The Hall–Kier alpha value is -3.32. The molecule has 0 radical (unpaired) electrons. The van der Waals surface area contributed by atoms with E-state index >= 15 is 0 Å². The fraction of sp³-hybridized carbons (Fsp3) is 0.227. The Morgan fingerprint density at radius 3 is 2.70 bits per heavy atom. The molecule has 0 saturated carbocycles. The standard InChI is InChI=1S/C22H22ClN5O2/c23-19-9-8-18(27-13-4-7-21(27)29)15-20(19)25-22(30)24-12-10-16-11-14-28(26-16)17-5-2-1-3-6-17/h1-3,5-6,8-9,11,14-15H,4,7,10,12-13H2,(H2,24,25,30). The third-order valence-electron chi connectivity index (χ3n) is 4.91. The average Bonchev–Trinajstić information content (AvgIpc) is 3.39. The number of amides is 3. The van der Waals surface area contributed by atoms with Gasteiger partial charge in [-0.3, -0.25) is 4.79 Å². The molecule has 0 unspecified atom stereocenters. The average molecular weight is 424 g/mol. The molecule has 1 aromatic heterocycles. The predicted molar refractivity (Wildman–Crippen MR) is 117 cm³/mol. The first-order chi connectivity index (χ1) is 14.6. The molecule has 154 valence electrons. The van der Waals surface area contributed by atoms with E-state index in [-0.39, 0.29) is 11.9 Å². The van der Waals surface area contributed by atoms with Crippen molar-refractivity contribution in [3.05, 3.63) is 71.5 Å². The zero-order chi connectivity index (χ0) is 20.9. The lowest BCUT2D eigenvalue weighted by molar-refractivity contribution is -0.117. The van der Waals surface area contributed by atoms with Crippen LogP contribution in [0.25, 0.3) is 5.69 Å². The lowest BCUT2D eigenvalue weighted by atomic mass is 10.2. The number of anilines is 2. The SMILES string of the molecule is O=C(NCCc1ccn(-c2ccccc2)n1)Nc1cc(N2CCCC2=O)ccc1Cl. The second kappa shape index (κ2) is 9.00. The third kappa shape index (κ3) is 4.63. The summed E-state index contributed by atoms with van der Waals surface area (Å²) in [5.74, 6) is 0.0858. The molecule has 1 fully saturated rings. The number of halogens is 1. The fourth-order valence-electron chi connectivity index (χ4n) is 3.39. The number of hydrogen-bond donors (Lipinski definition) is 2. The maximum atomic E-state index is 12.3. The Balaban J connectivity index is 1.31. The van der Waals surface area contributed by atoms with E-state index in [1.807, 2.05) is 42.6 Å². The summed E-state index contributed by atoms with van der Waals surface area (Å²) in [5, 5.41) is 10.5. The molecule has 3 aromatic rings. The van der Waals surface area contributed by atoms with Crippen LogP contribution in [-0.2, 0) is 11.2 Å². The van der Waals surface area contributed by atoms with Crippen LogP contribution in [0.15, 0.2) is 60.8 Å². The molecule has 1 saturated heterocycles. The van der Waals surface area contributed by atoms with Gasteiger partial charge in [0.05, 0.1) is 22.1 Å². The second-order valence-electron chi connectivity index (χ2n) is 7.03. The molecular weight excluding hydrogens is 402 g/mol. The van der Waals surface area contributed by atoms with Crippen molar-refractivity contribution in [1.29, 1.82) is 0 Å². The largest absolute Gasteiger partial charge is 0.337 e. The minimum atomic E-state index is -0.357. The van der Waals surface area contributed by atoms with E-state index < -0.39 is 0 Å². The van der Waals surface area contributed by atoms with Gasteiger partial charge in [0.15, 0.2) is 0 Å². The number of carbonyl (C=O) groups excluding carboxylic acids is 2. The maximum Gasteiger partial charge on any atom is 0.319 e. The molecule has 2 N–H and O–H groups in total. The van der Waals surface area contributed by atoms with Crippen LogP contribution in [0.5, 0.6) is 0 Å². The zero-order valence-corrected chi connectivity index (χ0v) is 17.1. The highest BCUT2D eigenvalue weighted by atomic mass is 35.5. The number of hydrogen-bond acceptors (Lipinski definition) is 3. The monoisotopic (exact) mass is 423 g/mol. The van der Waals surface area contributed by atoms with Crippen LogP contribution in [0.2, 0.25) is 5.02 Å². The molecular formula is C22H22ClN5O2. The van der Waals surface area contributed by atoms with Crippen molar-refractivity contribution in [2.24, 2.45) is 0 Å². The van der Waals surface area contributed by atoms with Crippen LogP contribution in [0, 0.1) is 0 Å². The molecule has 0 aliphatic carbocycles. The summed E-state index contributed by atoms with van der Waals surface area (Å²) in [6, 6.07) is 16.6. The van der Waals surface area contributed by atoms with Crippen molar-refractivity contribution in [2.45, 2.75) is 19.3 Å². The van der Waals surface area contributed by atoms with Gasteiger partial charge in [0.25, 0.3) is 0 Å². The van der Waals surface area contributed by atoms with Gasteiger partial charge in [0, 0.05) is 37.8 Å². The third-order valence-corrected chi connectivity index (χ3v) is 5.24. The Labute approximate surface area is 179 Å². The van der Waals surface area contributed by atoms with E-state index in [4.69, 9.17) is 11.6 Å². The molecule has 7 nitrogen and oxygen atoms in total. The second-order valence-corrected chi connectivity index (χ2v) is 7.44. The van der Waals surface area contributed by atoms with Crippen LogP contribution >= 0.6 is 11.6 Å². The number of rotatable bonds is 6. The molecule has 8 heteroatoms. The van der Waals surface area contributed by atoms with Crippen molar-refractivity contribution in [3.63, 3.8) is 0 Å². The van der Waals surface area contributed by atoms with Gasteiger partial charge in [-0.2, -0.15) is 5.10 Å². The first-order valence-electron chi connectivity index (χ1n) is 9.85. The van der Waals surface area contributed by atoms with Crippen molar-refractivity contribution in [1.82, 2.24) is 15.1 Å². The summed E-state index contributed by atoms with van der Waals surface area (Å²) in [6.45, 7) is 1.11. The molecule has 0 atom stereocenters. The summed E-state index contributed by atoms with van der Waals surface area (Å²) in [5.41, 5.74) is 3.08. The van der Waals surface area contributed by atoms with Crippen molar-refractivity contribution < 1.29 is 9.59 Å². The van der Waals surface area contributed by atoms with Crippen LogP contribution in [0.1, 0.15) is 18.5 Å². The fourth-order valence-corrected chi connectivity index (χ4v) is 3.55. The highest BCUT2D eigenvalue weighted by Gasteiger charge is 2.22. The summed E-state index contributed by atoms with van der Waals surface area (Å²) in [4.78, 5) is 25.9. The first-order valence-corrected chi connectivity index (χ1v) is 10.2. The Morgan fingerprint density at radius 2 is 1.93 bits per heavy atom. The van der Waals surface area contributed by atoms with Gasteiger partial charge in [-0.1, -0.05) is 29.8 Å². The molecule has 1 aliphatic heterocycles. The maximum absolute atomic E-state index is 12.3. The molecule has 0 spiro atoms. The van der Waals surface area contributed by atoms with E-state index in [1.165, 1.54) is 0 Å². The van der Waals surface area contributed by atoms with Crippen molar-refractivity contribution in [2.75, 3.05) is 23.3 Å². The molecule has 0 bridgehead atoms. The minimum Gasteiger partial charge on any atom is -0.337 e. The molecule has 3 amide bonds. The van der Waals surface area contributed by atoms with E-state index in [0.29, 0.717) is 36.6 Å². The van der Waals surface area contributed by atoms with E-state index in [2.05, 4.69) is 15.7 Å². The van der Waals surface area contributed by atoms with Gasteiger partial charge in [-0.25, -0.2) is 9.48 Å². The zero-order valence-electron chi connectivity index (χ0n) is 16.3. The van der Waals surface area contributed by atoms with Gasteiger partial charge in [0.2, 0.25) is 5.91 Å². The summed E-state index contributed by atoms with van der Waals surface area (Å²) in [7, 11) is 0. The molecule has 4 rings (SSSR count). The lowest BCUT2D eigenvalue weighted by Gasteiger charge is -2.17. The Kier molecular flexibility index (Phi) is 5.99. The van der Waals surface area contributed by atoms with Crippen molar-refractivity contribution in [3.8, 4) is 5.69 Å². The topological polar surface area (TPSA) is 79.3 Å². The van der Waals surface area contributed by atoms with Crippen LogP contribution in [0.4, 0.5) is 16.2 Å². The van der Waals surface area contributed by atoms with E-state index in [0.717, 1.165) is 23.5 Å². The highest BCUT2D eigenvalue weighted by molar-refractivity contribution is 6.33. The van der Waals surface area contributed by atoms with Gasteiger partial charge in [-0.15, -0.1) is 0 Å². The molecule has 2 heterocycles. The summed E-state index contributed by atoms with van der Waals surface area (Å²) in [6.07, 6.45) is 3.88. The molecule has 2 aromatic carbocycles. The number of nitrogens with one attached hydrogen (secondary N) is 2. The number of aromatic nitrogens is 2. The molecule has 1 aliphatic rings. The Bertz CT molecular complexity index is 1050. The normalized spacial score (nSPS) is 13.5. The van der Waals surface area contributed by atoms with Crippen molar-refractivity contribution >= 4 is 34.9 Å². The summed E-state index contributed by atoms with van der Waals surface area (Å²) >= 11 is 6.22. The molecule has 30 heavy (non-hydrogen) atoms. The minimum absolute atomic E-state index is 0.0858.